The summed E-state index contributed by atoms with van der Waals surface area (Å²) < 4.78 is 17.9. The monoisotopic (exact) mass is 252 g/mol. The Morgan fingerprint density at radius 1 is 1.56 bits per heavy atom. The molecule has 18 heavy (non-hydrogen) atoms. The van der Waals surface area contributed by atoms with E-state index in [4.69, 9.17) is 10.00 Å². The summed E-state index contributed by atoms with van der Waals surface area (Å²) in [6, 6.07) is 6.10. The Labute approximate surface area is 106 Å². The predicted molar refractivity (Wildman–Crippen MR) is 65.3 cm³/mol. The van der Waals surface area contributed by atoms with Gasteiger partial charge in [-0.1, -0.05) is 0 Å². The van der Waals surface area contributed by atoms with Crippen LogP contribution in [0.2, 0.25) is 0 Å². The molecule has 1 N–H and O–H groups in total. The molecule has 0 saturated carbocycles. The zero-order valence-corrected chi connectivity index (χ0v) is 10.6. The van der Waals surface area contributed by atoms with Crippen molar-refractivity contribution in [2.45, 2.75) is 12.6 Å². The zero-order chi connectivity index (χ0) is 13.5. The Morgan fingerprint density at radius 2 is 2.28 bits per heavy atom. The topological polar surface area (TPSA) is 56.5 Å². The molecular formula is C13H17FN2O2. The number of aliphatic hydroxyl groups is 1. The summed E-state index contributed by atoms with van der Waals surface area (Å²) in [4.78, 5) is 1.82. The van der Waals surface area contributed by atoms with Gasteiger partial charge >= 0.3 is 0 Å². The first-order valence-electron chi connectivity index (χ1n) is 5.61. The lowest BCUT2D eigenvalue weighted by Gasteiger charge is -2.20. The Balaban J connectivity index is 2.66. The molecule has 1 aromatic rings. The fourth-order valence-electron chi connectivity index (χ4n) is 1.76. The second kappa shape index (κ2) is 7.07. The van der Waals surface area contributed by atoms with Gasteiger partial charge in [-0.3, -0.25) is 4.90 Å². The van der Waals surface area contributed by atoms with Crippen LogP contribution in [0.25, 0.3) is 0 Å². The Kier molecular flexibility index (Phi) is 5.72. The summed E-state index contributed by atoms with van der Waals surface area (Å²) >= 11 is 0. The minimum Gasteiger partial charge on any atom is -0.389 e. The van der Waals surface area contributed by atoms with Gasteiger partial charge in [-0.25, -0.2) is 4.39 Å². The molecule has 0 amide bonds. The van der Waals surface area contributed by atoms with E-state index in [2.05, 4.69) is 0 Å². The molecule has 1 aromatic carbocycles. The number of benzene rings is 1. The van der Waals surface area contributed by atoms with Gasteiger partial charge < -0.3 is 9.84 Å². The highest BCUT2D eigenvalue weighted by Crippen LogP contribution is 2.12. The van der Waals surface area contributed by atoms with Crippen molar-refractivity contribution in [3.8, 4) is 6.07 Å². The molecule has 0 aliphatic rings. The van der Waals surface area contributed by atoms with E-state index in [1.54, 1.807) is 7.05 Å². The maximum absolute atomic E-state index is 13.1. The average Bonchev–Trinajstić information content (AvgIpc) is 2.29. The fraction of sp³-hybridized carbons (Fsp3) is 0.462. The first kappa shape index (κ1) is 14.6. The highest BCUT2D eigenvalue weighted by atomic mass is 19.1. The molecule has 1 unspecified atom stereocenters. The van der Waals surface area contributed by atoms with Crippen LogP contribution in [0.3, 0.4) is 0 Å². The number of nitriles is 1. The third-order valence-electron chi connectivity index (χ3n) is 2.51. The van der Waals surface area contributed by atoms with E-state index in [0.29, 0.717) is 24.2 Å². The van der Waals surface area contributed by atoms with Gasteiger partial charge in [-0.15, -0.1) is 0 Å². The minimum atomic E-state index is -0.598. The summed E-state index contributed by atoms with van der Waals surface area (Å²) in [6.07, 6.45) is -0.598. The van der Waals surface area contributed by atoms with Crippen LogP contribution < -0.4 is 0 Å². The molecule has 0 saturated heterocycles. The number of hydrogen-bond donors (Lipinski definition) is 1. The molecule has 0 bridgehead atoms. The quantitative estimate of drug-likeness (QED) is 0.824. The van der Waals surface area contributed by atoms with Crippen molar-refractivity contribution < 1.29 is 14.2 Å². The van der Waals surface area contributed by atoms with Crippen molar-refractivity contribution in [3.05, 3.63) is 35.1 Å². The van der Waals surface area contributed by atoms with Crippen molar-refractivity contribution in [1.82, 2.24) is 4.90 Å². The second-order valence-corrected chi connectivity index (χ2v) is 4.22. The number of rotatable bonds is 6. The molecule has 1 rings (SSSR count). The number of ether oxygens (including phenoxy) is 1. The Morgan fingerprint density at radius 3 is 2.89 bits per heavy atom. The van der Waals surface area contributed by atoms with E-state index in [9.17, 15) is 9.50 Å². The van der Waals surface area contributed by atoms with Crippen LogP contribution in [0.15, 0.2) is 18.2 Å². The Bertz CT molecular complexity index is 431. The molecule has 0 aliphatic carbocycles. The highest BCUT2D eigenvalue weighted by Gasteiger charge is 2.11. The Hall–Kier alpha value is -1.48. The van der Waals surface area contributed by atoms with E-state index in [-0.39, 0.29) is 12.4 Å². The van der Waals surface area contributed by atoms with Gasteiger partial charge in [0.05, 0.1) is 24.3 Å². The van der Waals surface area contributed by atoms with Crippen molar-refractivity contribution >= 4 is 0 Å². The largest absolute Gasteiger partial charge is 0.389 e. The van der Waals surface area contributed by atoms with Gasteiger partial charge in [0.1, 0.15) is 5.82 Å². The highest BCUT2D eigenvalue weighted by molar-refractivity contribution is 5.37. The van der Waals surface area contributed by atoms with Gasteiger partial charge in [0.2, 0.25) is 0 Å². The molecule has 1 atom stereocenters. The molecule has 0 spiro atoms. The molecule has 0 heterocycles. The van der Waals surface area contributed by atoms with Gasteiger partial charge in [-0.05, 0) is 30.8 Å². The van der Waals surface area contributed by atoms with E-state index in [1.807, 2.05) is 11.0 Å². The van der Waals surface area contributed by atoms with Crippen LogP contribution in [0.5, 0.6) is 0 Å². The predicted octanol–water partition coefficient (Wildman–Crippen LogP) is 1.14. The van der Waals surface area contributed by atoms with Crippen molar-refractivity contribution in [2.24, 2.45) is 0 Å². The summed E-state index contributed by atoms with van der Waals surface area (Å²) in [5, 5.41) is 18.5. The smallest absolute Gasteiger partial charge is 0.123 e. The lowest BCUT2D eigenvalue weighted by molar-refractivity contribution is 0.0418. The molecule has 0 aliphatic heterocycles. The van der Waals surface area contributed by atoms with Crippen molar-refractivity contribution in [1.29, 1.82) is 5.26 Å². The van der Waals surface area contributed by atoms with Crippen molar-refractivity contribution in [3.63, 3.8) is 0 Å². The van der Waals surface area contributed by atoms with Gasteiger partial charge in [0.15, 0.2) is 0 Å². The molecular weight excluding hydrogens is 235 g/mol. The normalized spacial score (nSPS) is 12.4. The number of halogens is 1. The van der Waals surface area contributed by atoms with Crippen LogP contribution in [-0.4, -0.2) is 43.4 Å². The SMILES string of the molecule is COCC(O)CN(C)Cc1cc(F)ccc1C#N. The molecule has 0 radical (unpaired) electrons. The van der Waals surface area contributed by atoms with Crippen molar-refractivity contribution in [2.75, 3.05) is 27.3 Å². The number of likely N-dealkylation sites (N-methyl/N-ethyl adjacent to an activating group) is 1. The lowest BCUT2D eigenvalue weighted by Crippen LogP contribution is -2.31. The fourth-order valence-corrected chi connectivity index (χ4v) is 1.76. The standard InChI is InChI=1S/C13H17FN2O2/c1-16(8-13(17)9-18-2)7-11-5-12(14)4-3-10(11)6-15/h3-5,13,17H,7-9H2,1-2H3. The maximum Gasteiger partial charge on any atom is 0.123 e. The first-order valence-corrected chi connectivity index (χ1v) is 5.61. The third kappa shape index (κ3) is 4.41. The van der Waals surface area contributed by atoms with Gasteiger partial charge in [0, 0.05) is 20.2 Å². The third-order valence-corrected chi connectivity index (χ3v) is 2.51. The number of hydrogen-bond acceptors (Lipinski definition) is 4. The van der Waals surface area contributed by atoms with Crippen LogP contribution >= 0.6 is 0 Å². The molecule has 0 aromatic heterocycles. The van der Waals surface area contributed by atoms with E-state index in [0.717, 1.165) is 0 Å². The second-order valence-electron chi connectivity index (χ2n) is 4.22. The number of aliphatic hydroxyl groups excluding tert-OH is 1. The van der Waals surface area contributed by atoms with Crippen LogP contribution in [0.4, 0.5) is 4.39 Å². The summed E-state index contributed by atoms with van der Waals surface area (Å²) in [5.41, 5.74) is 1.06. The minimum absolute atomic E-state index is 0.249. The summed E-state index contributed by atoms with van der Waals surface area (Å²) in [7, 11) is 3.31. The number of methoxy groups -OCH3 is 1. The molecule has 5 heteroatoms. The average molecular weight is 252 g/mol. The zero-order valence-electron chi connectivity index (χ0n) is 10.6. The first-order chi connectivity index (χ1) is 8.56. The van der Waals surface area contributed by atoms with E-state index < -0.39 is 6.10 Å². The summed E-state index contributed by atoms with van der Waals surface area (Å²) in [6.45, 7) is 1.05. The van der Waals surface area contributed by atoms with E-state index in [1.165, 1.54) is 25.3 Å². The lowest BCUT2D eigenvalue weighted by atomic mass is 10.1. The van der Waals surface area contributed by atoms with Gasteiger partial charge in [-0.2, -0.15) is 5.26 Å². The van der Waals surface area contributed by atoms with Crippen LogP contribution in [0, 0.1) is 17.1 Å². The van der Waals surface area contributed by atoms with Crippen LogP contribution in [0.1, 0.15) is 11.1 Å². The molecule has 4 nitrogen and oxygen atoms in total. The molecule has 0 fully saturated rings. The summed E-state index contributed by atoms with van der Waals surface area (Å²) in [5.74, 6) is -0.366. The number of nitrogens with zero attached hydrogens (tertiary/aromatic N) is 2. The van der Waals surface area contributed by atoms with Crippen LogP contribution in [-0.2, 0) is 11.3 Å². The maximum atomic E-state index is 13.1. The molecule has 98 valence electrons. The van der Waals surface area contributed by atoms with E-state index >= 15 is 0 Å². The van der Waals surface area contributed by atoms with Gasteiger partial charge in [0.25, 0.3) is 0 Å².